The molecule has 0 amide bonds. The number of benzene rings is 11. The second-order valence-corrected chi connectivity index (χ2v) is 16.6. The fourth-order valence-corrected chi connectivity index (χ4v) is 11.9. The largest absolute Gasteiger partial charge is 0.496 e. The van der Waals surface area contributed by atoms with Gasteiger partial charge in [-0.3, -0.25) is 0 Å². The van der Waals surface area contributed by atoms with Crippen molar-refractivity contribution in [1.29, 1.82) is 0 Å². The summed E-state index contributed by atoms with van der Waals surface area (Å²) in [5, 5.41) is 15.6. The van der Waals surface area contributed by atoms with E-state index in [1.165, 1.54) is 121 Å². The van der Waals surface area contributed by atoms with Crippen LogP contribution in [0.2, 0.25) is 0 Å². The third kappa shape index (κ3) is 4.04. The van der Waals surface area contributed by atoms with E-state index in [1.54, 1.807) is 14.2 Å². The number of ether oxygens (including phenoxy) is 2. The van der Waals surface area contributed by atoms with Gasteiger partial charge in [0.15, 0.2) is 0 Å². The van der Waals surface area contributed by atoms with Gasteiger partial charge in [0, 0.05) is 21.9 Å². The predicted molar refractivity (Wildman–Crippen MR) is 254 cm³/mol. The molecule has 284 valence electrons. The minimum Gasteiger partial charge on any atom is -0.496 e. The van der Waals surface area contributed by atoms with Crippen molar-refractivity contribution in [3.63, 3.8) is 0 Å². The van der Waals surface area contributed by atoms with Gasteiger partial charge in [0.05, 0.1) is 14.2 Å². The highest BCUT2D eigenvalue weighted by Crippen LogP contribution is 2.63. The molecule has 2 aliphatic carbocycles. The summed E-state index contributed by atoms with van der Waals surface area (Å²) in [4.78, 5) is 0. The molecule has 0 heterocycles. The second kappa shape index (κ2) is 12.2. The molecule has 60 heavy (non-hydrogen) atoms. The minimum absolute atomic E-state index is 0.833. The van der Waals surface area contributed by atoms with Gasteiger partial charge in [0.2, 0.25) is 0 Å². The van der Waals surface area contributed by atoms with Gasteiger partial charge in [0.1, 0.15) is 11.5 Å². The number of fused-ring (bicyclic) bond motifs is 10. The SMILES string of the molecule is CCc1c2c(c(CC)c3ccccc13)-c1ccc3c4ccc5c6c(ccc(c7ccc-2c1c73)c64)-c1c-5c(-c2ccccc2)c2c(OC)ccc(OC)c2c1-c1ccccc1. The van der Waals surface area contributed by atoms with E-state index in [9.17, 15) is 0 Å². The Balaban J connectivity index is 1.20. The van der Waals surface area contributed by atoms with E-state index in [1.807, 2.05) is 0 Å². The number of methoxy groups -OCH3 is 2. The number of rotatable bonds is 6. The molecule has 0 fully saturated rings. The van der Waals surface area contributed by atoms with Crippen LogP contribution in [0.4, 0.5) is 0 Å². The highest BCUT2D eigenvalue weighted by molar-refractivity contribution is 6.41. The van der Waals surface area contributed by atoms with Gasteiger partial charge >= 0.3 is 0 Å². The molecule has 13 rings (SSSR count). The summed E-state index contributed by atoms with van der Waals surface area (Å²) in [6.45, 7) is 4.65. The molecule has 2 aliphatic rings. The molecule has 11 aromatic carbocycles. The van der Waals surface area contributed by atoms with Gasteiger partial charge in [-0.2, -0.15) is 0 Å². The van der Waals surface area contributed by atoms with Crippen LogP contribution in [0.5, 0.6) is 11.5 Å². The molecule has 0 saturated carbocycles. The number of hydrogen-bond acceptors (Lipinski definition) is 2. The monoisotopic (exact) mass is 768 g/mol. The van der Waals surface area contributed by atoms with Crippen LogP contribution in [0, 0.1) is 0 Å². The van der Waals surface area contributed by atoms with Crippen molar-refractivity contribution in [2.45, 2.75) is 26.7 Å². The first kappa shape index (κ1) is 33.8. The Labute approximate surface area is 348 Å². The topological polar surface area (TPSA) is 18.5 Å². The molecule has 0 bridgehead atoms. The van der Waals surface area contributed by atoms with Crippen LogP contribution in [-0.4, -0.2) is 14.2 Å². The summed E-state index contributed by atoms with van der Waals surface area (Å²) in [6, 6.07) is 54.3. The quantitative estimate of drug-likeness (QED) is 0.124. The van der Waals surface area contributed by atoms with Crippen molar-refractivity contribution in [2.24, 2.45) is 0 Å². The Morgan fingerprint density at radius 1 is 0.300 bits per heavy atom. The van der Waals surface area contributed by atoms with Crippen LogP contribution >= 0.6 is 0 Å². The summed E-state index contributed by atoms with van der Waals surface area (Å²) in [6.07, 6.45) is 1.99. The van der Waals surface area contributed by atoms with Gasteiger partial charge in [-0.25, -0.2) is 0 Å². The fourth-order valence-electron chi connectivity index (χ4n) is 11.9. The van der Waals surface area contributed by atoms with Gasteiger partial charge in [-0.1, -0.05) is 147 Å². The lowest BCUT2D eigenvalue weighted by molar-refractivity contribution is 0.410. The van der Waals surface area contributed by atoms with E-state index in [4.69, 9.17) is 9.47 Å². The average Bonchev–Trinajstić information content (AvgIpc) is 3.82. The van der Waals surface area contributed by atoms with E-state index in [2.05, 4.69) is 159 Å². The third-order valence-corrected chi connectivity index (χ3v) is 14.1. The zero-order valence-electron chi connectivity index (χ0n) is 34.1. The van der Waals surface area contributed by atoms with E-state index in [0.29, 0.717) is 0 Å². The van der Waals surface area contributed by atoms with Crippen molar-refractivity contribution < 1.29 is 9.47 Å². The lowest BCUT2D eigenvalue weighted by atomic mass is 9.82. The first-order valence-corrected chi connectivity index (χ1v) is 21.3. The van der Waals surface area contributed by atoms with E-state index < -0.39 is 0 Å². The van der Waals surface area contributed by atoms with Gasteiger partial charge < -0.3 is 9.47 Å². The van der Waals surface area contributed by atoms with Crippen molar-refractivity contribution in [3.8, 4) is 78.3 Å². The smallest absolute Gasteiger partial charge is 0.127 e. The predicted octanol–water partition coefficient (Wildman–Crippen LogP) is 15.8. The van der Waals surface area contributed by atoms with Crippen LogP contribution in [0.3, 0.4) is 0 Å². The standard InChI is InChI=1S/C58H40O2/c1-5-33-35-19-13-14-20-36(35)34(6-2)50-42-26-22-38-40-24-28-44-54-43(27-23-39(52(40)54)37-21-25-41(49(33)50)53(42)51(37)38)55-47(31-15-9-7-10-16-31)57-45(59-3)29-30-46(60-4)58(57)48(56(44)55)32-17-11-8-12-18-32/h7-30H,5-6H2,1-4H3. The molecule has 0 aromatic heterocycles. The van der Waals surface area contributed by atoms with Crippen LogP contribution in [0.1, 0.15) is 25.0 Å². The maximum Gasteiger partial charge on any atom is 0.127 e. The van der Waals surface area contributed by atoms with E-state index >= 15 is 0 Å². The van der Waals surface area contributed by atoms with Crippen LogP contribution < -0.4 is 9.47 Å². The molecular weight excluding hydrogens is 729 g/mol. The molecule has 0 atom stereocenters. The van der Waals surface area contributed by atoms with Gasteiger partial charge in [-0.05, 0) is 146 Å². The average molecular weight is 769 g/mol. The van der Waals surface area contributed by atoms with Crippen molar-refractivity contribution in [2.75, 3.05) is 14.2 Å². The molecule has 11 aromatic rings. The number of hydrogen-bond donors (Lipinski definition) is 0. The Kier molecular flexibility index (Phi) is 6.86. The highest BCUT2D eigenvalue weighted by atomic mass is 16.5. The van der Waals surface area contributed by atoms with Gasteiger partial charge in [-0.15, -0.1) is 0 Å². The fraction of sp³-hybridized carbons (Fsp3) is 0.103. The van der Waals surface area contributed by atoms with Crippen LogP contribution in [0.15, 0.2) is 146 Å². The maximum atomic E-state index is 6.27. The molecule has 2 nitrogen and oxygen atoms in total. The molecule has 0 saturated heterocycles. The first-order chi connectivity index (χ1) is 29.7. The lowest BCUT2D eigenvalue weighted by Gasteiger charge is -2.23. The summed E-state index contributed by atoms with van der Waals surface area (Å²) in [7, 11) is 3.56. The number of aryl methyl sites for hydroxylation is 2. The Morgan fingerprint density at radius 3 is 1.00 bits per heavy atom. The first-order valence-electron chi connectivity index (χ1n) is 21.3. The normalized spacial score (nSPS) is 12.5. The van der Waals surface area contributed by atoms with Crippen molar-refractivity contribution in [3.05, 3.63) is 157 Å². The minimum atomic E-state index is 0.833. The Morgan fingerprint density at radius 2 is 0.650 bits per heavy atom. The summed E-state index contributed by atoms with van der Waals surface area (Å²) >= 11 is 0. The van der Waals surface area contributed by atoms with Crippen molar-refractivity contribution in [1.82, 2.24) is 0 Å². The second-order valence-electron chi connectivity index (χ2n) is 16.6. The van der Waals surface area contributed by atoms with E-state index in [0.717, 1.165) is 46.2 Å². The lowest BCUT2D eigenvalue weighted by Crippen LogP contribution is -1.98. The highest BCUT2D eigenvalue weighted by Gasteiger charge is 2.35. The van der Waals surface area contributed by atoms with Crippen LogP contribution in [0.25, 0.3) is 131 Å². The van der Waals surface area contributed by atoms with Gasteiger partial charge in [0.25, 0.3) is 0 Å². The zero-order valence-corrected chi connectivity index (χ0v) is 34.1. The molecule has 2 heteroatoms. The molecule has 0 unspecified atom stereocenters. The molecule has 0 N–H and O–H groups in total. The summed E-state index contributed by atoms with van der Waals surface area (Å²) in [5.41, 5.74) is 18.3. The molecule has 0 spiro atoms. The Hall–Kier alpha value is -7.16. The van der Waals surface area contributed by atoms with Crippen LogP contribution in [-0.2, 0) is 12.8 Å². The summed E-state index contributed by atoms with van der Waals surface area (Å²) in [5.74, 6) is 1.67. The zero-order chi connectivity index (χ0) is 40.0. The Bertz CT molecular complexity index is 3440. The molecule has 0 radical (unpaired) electrons. The van der Waals surface area contributed by atoms with Crippen molar-refractivity contribution >= 4 is 64.6 Å². The van der Waals surface area contributed by atoms with E-state index in [-0.39, 0.29) is 0 Å². The molecule has 0 aliphatic heterocycles. The maximum absolute atomic E-state index is 6.27. The molecular formula is C58H40O2. The third-order valence-electron chi connectivity index (χ3n) is 14.1. The summed E-state index contributed by atoms with van der Waals surface area (Å²) < 4.78 is 12.5.